The molecule has 0 amide bonds. The summed E-state index contributed by atoms with van der Waals surface area (Å²) < 4.78 is 2.00. The van der Waals surface area contributed by atoms with Gasteiger partial charge in [0.05, 0.1) is 0 Å². The van der Waals surface area contributed by atoms with Gasteiger partial charge in [0.1, 0.15) is 5.82 Å². The molecule has 1 aliphatic rings. The Bertz CT molecular complexity index is 228. The summed E-state index contributed by atoms with van der Waals surface area (Å²) >= 11 is 0. The van der Waals surface area contributed by atoms with Crippen LogP contribution in [0.1, 0.15) is 30.9 Å². The Kier molecular flexibility index (Phi) is 1.64. The summed E-state index contributed by atoms with van der Waals surface area (Å²) in [6, 6.07) is 0. The molecule has 1 aliphatic heterocycles. The highest BCUT2D eigenvalue weighted by Gasteiger charge is 2.09. The van der Waals surface area contributed by atoms with Crippen LogP contribution >= 0.6 is 0 Å². The van der Waals surface area contributed by atoms with E-state index in [4.69, 9.17) is 0 Å². The fourth-order valence-electron chi connectivity index (χ4n) is 1.51. The summed E-state index contributed by atoms with van der Waals surface area (Å²) in [4.78, 5) is 4.25. The molecule has 59 valence electrons. The van der Waals surface area contributed by atoms with Crippen LogP contribution in [-0.2, 0) is 13.0 Å². The van der Waals surface area contributed by atoms with Gasteiger partial charge in [-0.15, -0.1) is 0 Å². The Balaban J connectivity index is 2.32. The number of aryl methyl sites for hydroxylation is 2. The fraction of sp³-hybridized carbons (Fsp3) is 0.625. The molecule has 1 aromatic heterocycles. The molecule has 0 unspecified atom stereocenters. The van der Waals surface area contributed by atoms with Crippen LogP contribution < -0.4 is 0 Å². The molecule has 0 spiro atoms. The van der Waals surface area contributed by atoms with E-state index in [0.717, 1.165) is 18.8 Å². The lowest BCUT2D eigenvalue weighted by molar-refractivity contribution is 0.573. The number of nitrogens with zero attached hydrogens (tertiary/aromatic N) is 3. The Labute approximate surface area is 66.4 Å². The Morgan fingerprint density at radius 1 is 1.27 bits per heavy atom. The minimum atomic E-state index is 0.668. The van der Waals surface area contributed by atoms with Gasteiger partial charge in [0.15, 0.2) is 5.82 Å². The van der Waals surface area contributed by atoms with Crippen molar-refractivity contribution in [2.45, 2.75) is 32.2 Å². The quantitative estimate of drug-likeness (QED) is 0.556. The van der Waals surface area contributed by atoms with Crippen LogP contribution in [0.3, 0.4) is 0 Å². The number of hydrogen-bond donors (Lipinski definition) is 0. The van der Waals surface area contributed by atoms with Crippen LogP contribution in [0.4, 0.5) is 0 Å². The summed E-state index contributed by atoms with van der Waals surface area (Å²) in [7, 11) is 0. The van der Waals surface area contributed by atoms with Crippen molar-refractivity contribution in [2.75, 3.05) is 0 Å². The maximum atomic E-state index is 4.25. The third-order valence-corrected chi connectivity index (χ3v) is 2.06. The molecule has 0 bridgehead atoms. The second kappa shape index (κ2) is 2.64. The fourth-order valence-corrected chi connectivity index (χ4v) is 1.51. The molecule has 0 N–H and O–H groups in total. The molecule has 0 saturated carbocycles. The highest BCUT2D eigenvalue weighted by Crippen LogP contribution is 2.11. The minimum absolute atomic E-state index is 0.668. The van der Waals surface area contributed by atoms with E-state index in [-0.39, 0.29) is 0 Å². The molecule has 11 heavy (non-hydrogen) atoms. The number of fused-ring (bicyclic) bond motifs is 1. The lowest BCUT2D eigenvalue weighted by Gasteiger charge is -1.96. The third kappa shape index (κ3) is 1.27. The van der Waals surface area contributed by atoms with Crippen molar-refractivity contribution >= 4 is 0 Å². The molecular formula is C8H12N3. The molecular weight excluding hydrogens is 138 g/mol. The Morgan fingerprint density at radius 3 is 3.09 bits per heavy atom. The minimum Gasteiger partial charge on any atom is -0.250 e. The van der Waals surface area contributed by atoms with Gasteiger partial charge in [-0.25, -0.2) is 9.67 Å². The molecule has 1 radical (unpaired) electrons. The number of hydrogen-bond acceptors (Lipinski definition) is 2. The normalized spacial score (nSPS) is 17.5. The topological polar surface area (TPSA) is 30.7 Å². The third-order valence-electron chi connectivity index (χ3n) is 2.06. The Hall–Kier alpha value is -0.860. The van der Waals surface area contributed by atoms with Crippen molar-refractivity contribution in [3.8, 4) is 0 Å². The number of rotatable bonds is 0. The van der Waals surface area contributed by atoms with Gasteiger partial charge in [-0.3, -0.25) is 0 Å². The van der Waals surface area contributed by atoms with E-state index < -0.39 is 0 Å². The van der Waals surface area contributed by atoms with Crippen LogP contribution in [0.25, 0.3) is 0 Å². The zero-order chi connectivity index (χ0) is 7.68. The molecule has 0 aromatic carbocycles. The lowest BCUT2D eigenvalue weighted by atomic mass is 10.2. The summed E-state index contributed by atoms with van der Waals surface area (Å²) in [5.41, 5.74) is 0. The summed E-state index contributed by atoms with van der Waals surface area (Å²) in [6.45, 7) is 4.74. The molecule has 0 aliphatic carbocycles. The van der Waals surface area contributed by atoms with Gasteiger partial charge in [0, 0.05) is 19.9 Å². The van der Waals surface area contributed by atoms with Gasteiger partial charge in [-0.2, -0.15) is 5.10 Å². The summed E-state index contributed by atoms with van der Waals surface area (Å²) in [6.07, 6.45) is 4.86. The predicted octanol–water partition coefficient (Wildman–Crippen LogP) is 1.19. The molecule has 2 heterocycles. The molecule has 0 fully saturated rings. The first-order chi connectivity index (χ1) is 5.36. The van der Waals surface area contributed by atoms with Crippen molar-refractivity contribution in [1.29, 1.82) is 0 Å². The van der Waals surface area contributed by atoms with Gasteiger partial charge in [-0.05, 0) is 12.8 Å². The molecule has 0 atom stereocenters. The zero-order valence-electron chi connectivity index (χ0n) is 6.58. The van der Waals surface area contributed by atoms with E-state index >= 15 is 0 Å². The van der Waals surface area contributed by atoms with Crippen LogP contribution in [0, 0.1) is 6.92 Å². The molecule has 2 rings (SSSR count). The van der Waals surface area contributed by atoms with Crippen LogP contribution in [0.5, 0.6) is 0 Å². The predicted molar refractivity (Wildman–Crippen MR) is 42.0 cm³/mol. The van der Waals surface area contributed by atoms with Crippen LogP contribution in [0.15, 0.2) is 0 Å². The second-order valence-electron chi connectivity index (χ2n) is 2.98. The summed E-state index contributed by atoms with van der Waals surface area (Å²) in [5.74, 6) is 1.79. The van der Waals surface area contributed by atoms with Crippen molar-refractivity contribution < 1.29 is 0 Å². The van der Waals surface area contributed by atoms with Gasteiger partial charge in [0.2, 0.25) is 0 Å². The summed E-state index contributed by atoms with van der Waals surface area (Å²) in [5, 5.41) is 4.21. The maximum absolute atomic E-state index is 4.25. The largest absolute Gasteiger partial charge is 0.250 e. The van der Waals surface area contributed by atoms with E-state index in [9.17, 15) is 0 Å². The number of aromatic nitrogens is 3. The van der Waals surface area contributed by atoms with Crippen LogP contribution in [-0.4, -0.2) is 14.8 Å². The van der Waals surface area contributed by atoms with E-state index in [2.05, 4.69) is 17.0 Å². The maximum Gasteiger partial charge on any atom is 0.151 e. The van der Waals surface area contributed by atoms with Crippen LogP contribution in [0.2, 0.25) is 0 Å². The van der Waals surface area contributed by atoms with E-state index in [1.54, 1.807) is 0 Å². The Morgan fingerprint density at radius 2 is 2.18 bits per heavy atom. The average Bonchev–Trinajstić information content (AvgIpc) is 2.17. The van der Waals surface area contributed by atoms with Gasteiger partial charge in [-0.1, -0.05) is 6.42 Å². The highest BCUT2D eigenvalue weighted by atomic mass is 15.3. The molecule has 0 saturated heterocycles. The monoisotopic (exact) mass is 150 g/mol. The SMILES string of the molecule is [CH2]c1nc2n(n1)CCCCC2. The van der Waals surface area contributed by atoms with Gasteiger partial charge in [0.25, 0.3) is 0 Å². The smallest absolute Gasteiger partial charge is 0.151 e. The first-order valence-electron chi connectivity index (χ1n) is 4.12. The molecule has 3 nitrogen and oxygen atoms in total. The first kappa shape index (κ1) is 6.83. The van der Waals surface area contributed by atoms with Crippen molar-refractivity contribution in [2.24, 2.45) is 0 Å². The zero-order valence-corrected chi connectivity index (χ0v) is 6.58. The second-order valence-corrected chi connectivity index (χ2v) is 2.98. The standard InChI is InChI=1S/C8H12N3/c1-7-9-8-5-3-2-4-6-11(8)10-7/h1-6H2. The van der Waals surface area contributed by atoms with Crippen molar-refractivity contribution in [1.82, 2.24) is 14.8 Å². The average molecular weight is 150 g/mol. The first-order valence-corrected chi connectivity index (χ1v) is 4.12. The molecule has 1 aromatic rings. The van der Waals surface area contributed by atoms with Crippen molar-refractivity contribution in [3.05, 3.63) is 18.6 Å². The molecule has 3 heteroatoms. The van der Waals surface area contributed by atoms with Crippen molar-refractivity contribution in [3.63, 3.8) is 0 Å². The van der Waals surface area contributed by atoms with E-state index in [1.165, 1.54) is 19.3 Å². The van der Waals surface area contributed by atoms with E-state index in [0.29, 0.717) is 5.82 Å². The highest BCUT2D eigenvalue weighted by molar-refractivity contribution is 4.96. The van der Waals surface area contributed by atoms with E-state index in [1.807, 2.05) is 4.68 Å². The van der Waals surface area contributed by atoms with Gasteiger partial charge < -0.3 is 0 Å². The van der Waals surface area contributed by atoms with Gasteiger partial charge >= 0.3 is 0 Å². The lowest BCUT2D eigenvalue weighted by Crippen LogP contribution is -2.02.